The second kappa shape index (κ2) is 5.44. The number of carbonyl (C=O) groups excluding carboxylic acids is 1. The number of nitrogens with zero attached hydrogens (tertiary/aromatic N) is 1. The van der Waals surface area contributed by atoms with Gasteiger partial charge in [0.2, 0.25) is 0 Å². The first-order valence-corrected chi connectivity index (χ1v) is 5.01. The maximum atomic E-state index is 13.6. The lowest BCUT2D eigenvalue weighted by atomic mass is 10.2. The summed E-state index contributed by atoms with van der Waals surface area (Å²) in [4.78, 5) is 22.7. The number of rotatable bonds is 3. The van der Waals surface area contributed by atoms with Gasteiger partial charge in [0.05, 0.1) is 0 Å². The van der Waals surface area contributed by atoms with Crippen molar-refractivity contribution in [2.24, 2.45) is 0 Å². The average molecular weight is 258 g/mol. The van der Waals surface area contributed by atoms with E-state index in [9.17, 15) is 18.4 Å². The molecule has 0 bridgehead atoms. The van der Waals surface area contributed by atoms with Crippen LogP contribution in [0.25, 0.3) is 0 Å². The van der Waals surface area contributed by atoms with Crippen molar-refractivity contribution in [1.82, 2.24) is 4.90 Å². The molecule has 2 amide bonds. The fourth-order valence-electron chi connectivity index (χ4n) is 1.25. The molecule has 0 aliphatic rings. The van der Waals surface area contributed by atoms with Gasteiger partial charge in [0.1, 0.15) is 18.0 Å². The van der Waals surface area contributed by atoms with Crippen LogP contribution < -0.4 is 5.32 Å². The third-order valence-electron chi connectivity index (χ3n) is 2.24. The number of likely N-dealkylation sites (N-methyl/N-ethyl adjacent to an activating group) is 1. The maximum absolute atomic E-state index is 13.6. The fraction of sp³-hybridized carbons (Fsp3) is 0.273. The van der Waals surface area contributed by atoms with E-state index in [-0.39, 0.29) is 5.56 Å². The minimum atomic E-state index is -1.22. The number of nitrogens with one attached hydrogen (secondary N) is 1. The van der Waals surface area contributed by atoms with Crippen molar-refractivity contribution in [1.29, 1.82) is 0 Å². The first-order valence-electron chi connectivity index (χ1n) is 5.01. The molecule has 18 heavy (non-hydrogen) atoms. The Labute approximate surface area is 102 Å². The van der Waals surface area contributed by atoms with Gasteiger partial charge in [0.15, 0.2) is 5.82 Å². The number of aliphatic carboxylic acids is 1. The molecule has 0 aliphatic carbocycles. The number of benzene rings is 1. The van der Waals surface area contributed by atoms with Gasteiger partial charge in [-0.05, 0) is 18.6 Å². The van der Waals surface area contributed by atoms with E-state index in [0.717, 1.165) is 11.0 Å². The fourth-order valence-corrected chi connectivity index (χ4v) is 1.25. The van der Waals surface area contributed by atoms with Crippen LogP contribution in [0.2, 0.25) is 0 Å². The first-order chi connectivity index (χ1) is 8.32. The Balaban J connectivity index is 2.88. The van der Waals surface area contributed by atoms with Crippen molar-refractivity contribution in [2.75, 3.05) is 18.9 Å². The summed E-state index contributed by atoms with van der Waals surface area (Å²) in [7, 11) is 1.20. The topological polar surface area (TPSA) is 69.6 Å². The number of anilines is 1. The smallest absolute Gasteiger partial charge is 0.323 e. The number of carboxylic acid groups (broad SMARTS) is 1. The summed E-state index contributed by atoms with van der Waals surface area (Å²) in [6.07, 6.45) is 0. The van der Waals surface area contributed by atoms with E-state index >= 15 is 0 Å². The van der Waals surface area contributed by atoms with Gasteiger partial charge in [-0.25, -0.2) is 13.6 Å². The van der Waals surface area contributed by atoms with Crippen LogP contribution in [-0.2, 0) is 4.79 Å². The van der Waals surface area contributed by atoms with Crippen molar-refractivity contribution in [2.45, 2.75) is 6.92 Å². The monoisotopic (exact) mass is 258 g/mol. The van der Waals surface area contributed by atoms with Gasteiger partial charge in [0, 0.05) is 7.05 Å². The third-order valence-corrected chi connectivity index (χ3v) is 2.24. The lowest BCUT2D eigenvalue weighted by Crippen LogP contribution is -2.35. The Morgan fingerprint density at radius 1 is 1.39 bits per heavy atom. The van der Waals surface area contributed by atoms with E-state index in [1.54, 1.807) is 0 Å². The Kier molecular flexibility index (Phi) is 4.19. The molecule has 0 aromatic heterocycles. The van der Waals surface area contributed by atoms with E-state index in [0.29, 0.717) is 0 Å². The van der Waals surface area contributed by atoms with E-state index in [2.05, 4.69) is 0 Å². The summed E-state index contributed by atoms with van der Waals surface area (Å²) in [5, 5.41) is 10.5. The van der Waals surface area contributed by atoms with E-state index in [1.807, 2.05) is 5.32 Å². The molecule has 1 aromatic carbocycles. The number of urea groups is 1. The predicted molar refractivity (Wildman–Crippen MR) is 60.4 cm³/mol. The van der Waals surface area contributed by atoms with Gasteiger partial charge >= 0.3 is 12.0 Å². The molecule has 0 saturated carbocycles. The molecule has 0 atom stereocenters. The van der Waals surface area contributed by atoms with Crippen molar-refractivity contribution in [3.05, 3.63) is 29.3 Å². The second-order valence-corrected chi connectivity index (χ2v) is 3.73. The molecule has 98 valence electrons. The molecular formula is C11H12F2N2O3. The van der Waals surface area contributed by atoms with Gasteiger partial charge in [-0.3, -0.25) is 4.79 Å². The van der Waals surface area contributed by atoms with Gasteiger partial charge in [-0.2, -0.15) is 0 Å². The standard InChI is InChI=1S/C11H12F2N2O3/c1-6-3-4-7(12)10(9(6)13)14-11(18)15(2)5-8(16)17/h3-4H,5H2,1-2H3,(H,14,18)(H,16,17). The maximum Gasteiger partial charge on any atom is 0.323 e. The molecule has 1 aromatic rings. The van der Waals surface area contributed by atoms with E-state index < -0.39 is 35.9 Å². The van der Waals surface area contributed by atoms with Crippen molar-refractivity contribution >= 4 is 17.7 Å². The van der Waals surface area contributed by atoms with Gasteiger partial charge in [-0.15, -0.1) is 0 Å². The summed E-state index contributed by atoms with van der Waals surface area (Å²) in [5.74, 6) is -3.03. The van der Waals surface area contributed by atoms with Crippen LogP contribution in [0.1, 0.15) is 5.56 Å². The van der Waals surface area contributed by atoms with E-state index in [4.69, 9.17) is 5.11 Å². The van der Waals surface area contributed by atoms with Crippen molar-refractivity contribution < 1.29 is 23.5 Å². The van der Waals surface area contributed by atoms with Gasteiger partial charge < -0.3 is 15.3 Å². The molecule has 0 aliphatic heterocycles. The van der Waals surface area contributed by atoms with Crippen LogP contribution in [0.5, 0.6) is 0 Å². The highest BCUT2D eigenvalue weighted by molar-refractivity contribution is 5.91. The molecule has 1 rings (SSSR count). The summed E-state index contributed by atoms with van der Waals surface area (Å²) in [5.41, 5.74) is -0.412. The van der Waals surface area contributed by atoms with Crippen LogP contribution >= 0.6 is 0 Å². The molecule has 7 heteroatoms. The SMILES string of the molecule is Cc1ccc(F)c(NC(=O)N(C)CC(=O)O)c1F. The molecule has 0 unspecified atom stereocenters. The summed E-state index contributed by atoms with van der Waals surface area (Å²) in [6, 6.07) is 1.35. The zero-order valence-electron chi connectivity index (χ0n) is 9.83. The zero-order chi connectivity index (χ0) is 13.9. The number of carbonyl (C=O) groups is 2. The molecule has 5 nitrogen and oxygen atoms in total. The number of aryl methyl sites for hydroxylation is 1. The largest absolute Gasteiger partial charge is 0.480 e. The summed E-state index contributed by atoms with van der Waals surface area (Å²) < 4.78 is 26.9. The minimum Gasteiger partial charge on any atom is -0.480 e. The molecule has 0 radical (unpaired) electrons. The Bertz CT molecular complexity index is 491. The Morgan fingerprint density at radius 3 is 2.56 bits per heavy atom. The normalized spacial score (nSPS) is 10.0. The highest BCUT2D eigenvalue weighted by Gasteiger charge is 2.17. The molecular weight excluding hydrogens is 246 g/mol. The van der Waals surface area contributed by atoms with Crippen molar-refractivity contribution in [3.63, 3.8) is 0 Å². The lowest BCUT2D eigenvalue weighted by molar-refractivity contribution is -0.137. The quantitative estimate of drug-likeness (QED) is 0.868. The summed E-state index contributed by atoms with van der Waals surface area (Å²) >= 11 is 0. The van der Waals surface area contributed by atoms with Crippen LogP contribution in [0, 0.1) is 18.6 Å². The van der Waals surface area contributed by atoms with Crippen LogP contribution in [0.4, 0.5) is 19.3 Å². The number of amides is 2. The predicted octanol–water partition coefficient (Wildman–Crippen LogP) is 1.82. The summed E-state index contributed by atoms with van der Waals surface area (Å²) in [6.45, 7) is 0.853. The molecule has 0 heterocycles. The van der Waals surface area contributed by atoms with Crippen LogP contribution in [0.3, 0.4) is 0 Å². The van der Waals surface area contributed by atoms with Crippen LogP contribution in [0.15, 0.2) is 12.1 Å². The number of carboxylic acids is 1. The Hall–Kier alpha value is -2.18. The first kappa shape index (κ1) is 13.9. The molecule has 2 N–H and O–H groups in total. The van der Waals surface area contributed by atoms with E-state index in [1.165, 1.54) is 20.0 Å². The van der Waals surface area contributed by atoms with Crippen molar-refractivity contribution in [3.8, 4) is 0 Å². The van der Waals surface area contributed by atoms with Gasteiger partial charge in [0.25, 0.3) is 0 Å². The molecule has 0 fully saturated rings. The highest BCUT2D eigenvalue weighted by atomic mass is 19.1. The molecule has 0 saturated heterocycles. The highest BCUT2D eigenvalue weighted by Crippen LogP contribution is 2.21. The van der Waals surface area contributed by atoms with Crippen LogP contribution in [-0.4, -0.2) is 35.6 Å². The lowest BCUT2D eigenvalue weighted by Gasteiger charge is -2.16. The second-order valence-electron chi connectivity index (χ2n) is 3.73. The third kappa shape index (κ3) is 3.16. The zero-order valence-corrected chi connectivity index (χ0v) is 9.83. The number of halogens is 2. The average Bonchev–Trinajstić information content (AvgIpc) is 2.28. The van der Waals surface area contributed by atoms with Gasteiger partial charge in [-0.1, -0.05) is 6.07 Å². The minimum absolute atomic E-state index is 0.174. The number of hydrogen-bond acceptors (Lipinski definition) is 2. The number of hydrogen-bond donors (Lipinski definition) is 2. The molecule has 0 spiro atoms. The Morgan fingerprint density at radius 2 is 2.00 bits per heavy atom.